The standard InChI is InChI=1S/C24H19F3N2O3/c1-22-9-10-23(32-22,12-14-5-3-2-4-6-14)19-18(22)20(30)29(21(19)31)16-8-7-15(13-28)17(11-16)24(25,26)27/h2-8,11,30-31H,9-10,12H2,1H3/t22-,23-/m0/s1. The summed E-state index contributed by atoms with van der Waals surface area (Å²) in [6.07, 6.45) is -3.10. The van der Waals surface area contributed by atoms with Crippen molar-refractivity contribution in [1.29, 1.82) is 5.26 Å². The summed E-state index contributed by atoms with van der Waals surface area (Å²) in [6.45, 7) is 1.81. The summed E-state index contributed by atoms with van der Waals surface area (Å²) in [6, 6.07) is 14.2. The lowest BCUT2D eigenvalue weighted by atomic mass is 9.76. The van der Waals surface area contributed by atoms with Gasteiger partial charge in [-0.1, -0.05) is 30.3 Å². The Balaban J connectivity index is 1.69. The first-order valence-corrected chi connectivity index (χ1v) is 10.1. The van der Waals surface area contributed by atoms with Gasteiger partial charge in [-0.2, -0.15) is 18.4 Å². The minimum Gasteiger partial charge on any atom is -0.494 e. The second-order valence-corrected chi connectivity index (χ2v) is 8.56. The van der Waals surface area contributed by atoms with Crippen LogP contribution >= 0.6 is 0 Å². The Bertz CT molecular complexity index is 1280. The number of aromatic hydroxyl groups is 2. The summed E-state index contributed by atoms with van der Waals surface area (Å²) in [5.41, 5.74) is -1.72. The molecule has 2 bridgehead atoms. The Morgan fingerprint density at radius 2 is 1.75 bits per heavy atom. The summed E-state index contributed by atoms with van der Waals surface area (Å²) < 4.78 is 47.8. The van der Waals surface area contributed by atoms with Crippen LogP contribution in [0.1, 0.15) is 47.6 Å². The zero-order valence-corrected chi connectivity index (χ0v) is 17.1. The van der Waals surface area contributed by atoms with E-state index in [9.17, 15) is 23.4 Å². The van der Waals surface area contributed by atoms with Crippen LogP contribution in [0.3, 0.4) is 0 Å². The van der Waals surface area contributed by atoms with E-state index in [0.717, 1.165) is 22.3 Å². The number of nitrogens with zero attached hydrogens (tertiary/aromatic N) is 2. The van der Waals surface area contributed by atoms with E-state index in [-0.39, 0.29) is 17.4 Å². The molecular formula is C24H19F3N2O3. The number of benzene rings is 2. The molecule has 32 heavy (non-hydrogen) atoms. The summed E-state index contributed by atoms with van der Waals surface area (Å²) in [5, 5.41) is 31.3. The third kappa shape index (κ3) is 2.74. The van der Waals surface area contributed by atoms with E-state index in [2.05, 4.69) is 0 Å². The molecule has 5 rings (SSSR count). The smallest absolute Gasteiger partial charge is 0.417 e. The molecule has 2 atom stereocenters. The van der Waals surface area contributed by atoms with E-state index in [4.69, 9.17) is 10.00 Å². The van der Waals surface area contributed by atoms with Gasteiger partial charge in [0.2, 0.25) is 11.8 Å². The predicted molar refractivity (Wildman–Crippen MR) is 108 cm³/mol. The topological polar surface area (TPSA) is 78.4 Å². The summed E-state index contributed by atoms with van der Waals surface area (Å²) in [4.78, 5) is 0. The maximum atomic E-state index is 13.5. The highest BCUT2D eigenvalue weighted by Crippen LogP contribution is 2.65. The number of aromatic nitrogens is 1. The first-order chi connectivity index (χ1) is 15.1. The number of hydrogen-bond acceptors (Lipinski definition) is 4. The highest BCUT2D eigenvalue weighted by atomic mass is 19.4. The fourth-order valence-corrected chi connectivity index (χ4v) is 5.19. The summed E-state index contributed by atoms with van der Waals surface area (Å²) in [7, 11) is 0. The minimum absolute atomic E-state index is 0.0846. The molecular weight excluding hydrogens is 421 g/mol. The Kier molecular flexibility index (Phi) is 4.18. The van der Waals surface area contributed by atoms with Crippen LogP contribution in [0.15, 0.2) is 48.5 Å². The molecule has 8 heteroatoms. The van der Waals surface area contributed by atoms with Crippen LogP contribution in [0.2, 0.25) is 0 Å². The van der Waals surface area contributed by atoms with Crippen molar-refractivity contribution in [3.63, 3.8) is 0 Å². The maximum absolute atomic E-state index is 13.5. The first kappa shape index (κ1) is 20.5. The molecule has 1 aromatic heterocycles. The maximum Gasteiger partial charge on any atom is 0.417 e. The van der Waals surface area contributed by atoms with Crippen molar-refractivity contribution in [2.45, 2.75) is 43.6 Å². The van der Waals surface area contributed by atoms with Gasteiger partial charge < -0.3 is 14.9 Å². The normalized spacial score (nSPS) is 23.8. The zero-order chi connectivity index (χ0) is 22.9. The summed E-state index contributed by atoms with van der Waals surface area (Å²) >= 11 is 0. The fraction of sp³-hybridized carbons (Fsp3) is 0.292. The Morgan fingerprint density at radius 1 is 1.06 bits per heavy atom. The van der Waals surface area contributed by atoms with Crippen molar-refractivity contribution in [3.8, 4) is 23.5 Å². The average molecular weight is 440 g/mol. The summed E-state index contributed by atoms with van der Waals surface area (Å²) in [5.74, 6) is -0.706. The van der Waals surface area contributed by atoms with Crippen molar-refractivity contribution in [2.75, 3.05) is 0 Å². The Morgan fingerprint density at radius 3 is 2.41 bits per heavy atom. The lowest BCUT2D eigenvalue weighted by Crippen LogP contribution is -2.25. The van der Waals surface area contributed by atoms with Crippen LogP contribution < -0.4 is 0 Å². The molecule has 0 aliphatic carbocycles. The molecule has 0 radical (unpaired) electrons. The monoisotopic (exact) mass is 440 g/mol. The SMILES string of the molecule is C[C@@]12CC[C@@](Cc3ccccc3)(O1)c1c2c(O)n(-c2ccc(C#N)c(C(F)(F)F)c2)c1O. The number of halogens is 3. The molecule has 1 fully saturated rings. The van der Waals surface area contributed by atoms with E-state index in [1.807, 2.05) is 37.3 Å². The number of hydrogen-bond donors (Lipinski definition) is 2. The van der Waals surface area contributed by atoms with Gasteiger partial charge in [-0.15, -0.1) is 0 Å². The predicted octanol–water partition coefficient (Wildman–Crippen LogP) is 5.26. The fourth-order valence-electron chi connectivity index (χ4n) is 5.19. The second kappa shape index (κ2) is 6.53. The molecule has 3 aromatic rings. The van der Waals surface area contributed by atoms with Crippen LogP contribution in [-0.2, 0) is 28.5 Å². The van der Waals surface area contributed by atoms with Gasteiger partial charge >= 0.3 is 6.18 Å². The van der Waals surface area contributed by atoms with Gasteiger partial charge in [0.25, 0.3) is 0 Å². The minimum atomic E-state index is -4.76. The van der Waals surface area contributed by atoms with Gasteiger partial charge in [0.05, 0.1) is 39.6 Å². The molecule has 2 aliphatic rings. The number of ether oxygens (including phenoxy) is 1. The second-order valence-electron chi connectivity index (χ2n) is 8.56. The van der Waals surface area contributed by atoms with E-state index >= 15 is 0 Å². The van der Waals surface area contributed by atoms with Crippen LogP contribution in [0.4, 0.5) is 13.2 Å². The van der Waals surface area contributed by atoms with E-state index < -0.39 is 28.5 Å². The highest BCUT2D eigenvalue weighted by molar-refractivity contribution is 5.62. The molecule has 2 aromatic carbocycles. The lowest BCUT2D eigenvalue weighted by molar-refractivity contribution is -0.137. The van der Waals surface area contributed by atoms with Crippen LogP contribution in [0, 0.1) is 11.3 Å². The highest BCUT2D eigenvalue weighted by Gasteiger charge is 2.61. The molecule has 0 unspecified atom stereocenters. The third-order valence-electron chi connectivity index (χ3n) is 6.55. The van der Waals surface area contributed by atoms with Gasteiger partial charge in [0, 0.05) is 6.42 Å². The van der Waals surface area contributed by atoms with Crippen LogP contribution in [0.5, 0.6) is 11.8 Å². The van der Waals surface area contributed by atoms with E-state index in [0.29, 0.717) is 30.4 Å². The molecule has 2 N–H and O–H groups in total. The molecule has 3 heterocycles. The van der Waals surface area contributed by atoms with Crippen molar-refractivity contribution < 1.29 is 28.1 Å². The third-order valence-corrected chi connectivity index (χ3v) is 6.55. The van der Waals surface area contributed by atoms with Crippen molar-refractivity contribution in [2.24, 2.45) is 0 Å². The molecule has 0 spiro atoms. The molecule has 0 saturated carbocycles. The molecule has 1 saturated heterocycles. The van der Waals surface area contributed by atoms with E-state index in [1.165, 1.54) is 12.1 Å². The molecule has 164 valence electrons. The van der Waals surface area contributed by atoms with Crippen molar-refractivity contribution in [3.05, 3.63) is 76.3 Å². The van der Waals surface area contributed by atoms with Crippen molar-refractivity contribution >= 4 is 0 Å². The molecule has 0 amide bonds. The van der Waals surface area contributed by atoms with Gasteiger partial charge in [0.1, 0.15) is 5.60 Å². The molecule has 2 aliphatic heterocycles. The quantitative estimate of drug-likeness (QED) is 0.583. The van der Waals surface area contributed by atoms with Gasteiger partial charge in [-0.25, -0.2) is 0 Å². The first-order valence-electron chi connectivity index (χ1n) is 10.1. The molecule has 5 nitrogen and oxygen atoms in total. The Labute approximate surface area is 181 Å². The number of fused-ring (bicyclic) bond motifs is 5. The van der Waals surface area contributed by atoms with Crippen LogP contribution in [0.25, 0.3) is 5.69 Å². The Hall–Kier alpha value is -3.44. The average Bonchev–Trinajstić information content (AvgIpc) is 3.32. The van der Waals surface area contributed by atoms with Crippen molar-refractivity contribution in [1.82, 2.24) is 4.57 Å². The van der Waals surface area contributed by atoms with E-state index in [1.54, 1.807) is 0 Å². The van der Waals surface area contributed by atoms with Crippen LogP contribution in [-0.4, -0.2) is 14.8 Å². The number of nitriles is 1. The van der Waals surface area contributed by atoms with Gasteiger partial charge in [-0.3, -0.25) is 4.57 Å². The van der Waals surface area contributed by atoms with Gasteiger partial charge in [-0.05, 0) is 43.5 Å². The van der Waals surface area contributed by atoms with Gasteiger partial charge in [0.15, 0.2) is 0 Å². The zero-order valence-electron chi connectivity index (χ0n) is 17.1. The largest absolute Gasteiger partial charge is 0.494 e. The number of alkyl halides is 3. The lowest BCUT2D eigenvalue weighted by Gasteiger charge is -2.26. The number of rotatable bonds is 3.